The van der Waals surface area contributed by atoms with E-state index in [1.165, 1.54) is 0 Å². The number of amides is 1. The highest BCUT2D eigenvalue weighted by molar-refractivity contribution is 9.10. The fourth-order valence-corrected chi connectivity index (χ4v) is 2.53. The van der Waals surface area contributed by atoms with E-state index < -0.39 is 0 Å². The molecule has 2 rings (SSSR count). The minimum atomic E-state index is 0.0162. The zero-order chi connectivity index (χ0) is 12.3. The highest BCUT2D eigenvalue weighted by Crippen LogP contribution is 2.18. The summed E-state index contributed by atoms with van der Waals surface area (Å²) >= 11 is 3.50. The topological polar surface area (TPSA) is 32.3 Å². The Morgan fingerprint density at radius 3 is 2.94 bits per heavy atom. The molecule has 3 nitrogen and oxygen atoms in total. The fraction of sp³-hybridized carbons (Fsp3) is 0.462. The van der Waals surface area contributed by atoms with Crippen LogP contribution in [0.4, 0.5) is 0 Å². The van der Waals surface area contributed by atoms with Crippen molar-refractivity contribution in [3.8, 4) is 0 Å². The van der Waals surface area contributed by atoms with Crippen molar-refractivity contribution in [2.75, 3.05) is 13.6 Å². The molecule has 92 valence electrons. The van der Waals surface area contributed by atoms with Crippen molar-refractivity contribution >= 4 is 21.8 Å². The highest BCUT2D eigenvalue weighted by atomic mass is 79.9. The minimum absolute atomic E-state index is 0.0162. The van der Waals surface area contributed by atoms with Crippen LogP contribution in [0.2, 0.25) is 0 Å². The maximum atomic E-state index is 12.1. The van der Waals surface area contributed by atoms with E-state index in [4.69, 9.17) is 0 Å². The molecule has 0 aliphatic carbocycles. The van der Waals surface area contributed by atoms with E-state index in [1.807, 2.05) is 31.3 Å². The molecule has 0 saturated carbocycles. The number of hydrogen-bond acceptors (Lipinski definition) is 2. The number of halogens is 1. The Hall–Kier alpha value is -0.870. The lowest BCUT2D eigenvalue weighted by Gasteiger charge is -2.21. The predicted octanol–water partition coefficient (Wildman–Crippen LogP) is 2.16. The van der Waals surface area contributed by atoms with E-state index in [2.05, 4.69) is 21.2 Å². The summed E-state index contributed by atoms with van der Waals surface area (Å²) in [7, 11) is 1.86. The van der Waals surface area contributed by atoms with Crippen LogP contribution in [-0.4, -0.2) is 30.4 Å². The van der Waals surface area contributed by atoms with Gasteiger partial charge in [0.15, 0.2) is 0 Å². The van der Waals surface area contributed by atoms with Crippen molar-refractivity contribution in [2.24, 2.45) is 0 Å². The molecule has 0 aromatic heterocycles. The third kappa shape index (κ3) is 3.07. The second-order valence-corrected chi connectivity index (χ2v) is 5.29. The predicted molar refractivity (Wildman–Crippen MR) is 71.6 cm³/mol. The second-order valence-electron chi connectivity index (χ2n) is 4.43. The number of rotatable bonds is 3. The maximum absolute atomic E-state index is 12.1. The first-order chi connectivity index (χ1) is 8.18. The SMILES string of the molecule is CN(Cc1ccccc1Br)C(=O)[C@H]1CCCN1. The summed E-state index contributed by atoms with van der Waals surface area (Å²) in [5.41, 5.74) is 1.14. The normalized spacial score (nSPS) is 19.3. The lowest BCUT2D eigenvalue weighted by atomic mass is 10.1. The molecule has 0 unspecified atom stereocenters. The molecular weight excluding hydrogens is 280 g/mol. The zero-order valence-electron chi connectivity index (χ0n) is 9.95. The molecule has 1 N–H and O–H groups in total. The molecule has 0 radical (unpaired) electrons. The molecule has 1 saturated heterocycles. The molecule has 1 aromatic carbocycles. The van der Waals surface area contributed by atoms with Crippen LogP contribution < -0.4 is 5.32 Å². The van der Waals surface area contributed by atoms with Crippen molar-refractivity contribution in [2.45, 2.75) is 25.4 Å². The van der Waals surface area contributed by atoms with Gasteiger partial charge in [-0.3, -0.25) is 4.79 Å². The number of benzene rings is 1. The molecular formula is C13H17BrN2O. The van der Waals surface area contributed by atoms with Crippen LogP contribution in [0.25, 0.3) is 0 Å². The average Bonchev–Trinajstić information content (AvgIpc) is 2.84. The Bertz CT molecular complexity index is 402. The molecule has 1 fully saturated rings. The second kappa shape index (κ2) is 5.65. The zero-order valence-corrected chi connectivity index (χ0v) is 11.5. The summed E-state index contributed by atoms with van der Waals surface area (Å²) in [4.78, 5) is 13.9. The Kier molecular flexibility index (Phi) is 4.18. The van der Waals surface area contributed by atoms with Crippen LogP contribution in [0.1, 0.15) is 18.4 Å². The van der Waals surface area contributed by atoms with Crippen LogP contribution in [-0.2, 0) is 11.3 Å². The van der Waals surface area contributed by atoms with Crippen LogP contribution >= 0.6 is 15.9 Å². The van der Waals surface area contributed by atoms with Gasteiger partial charge >= 0.3 is 0 Å². The van der Waals surface area contributed by atoms with E-state index >= 15 is 0 Å². The third-order valence-electron chi connectivity index (χ3n) is 3.10. The number of carbonyl (C=O) groups excluding carboxylic acids is 1. The first-order valence-electron chi connectivity index (χ1n) is 5.90. The quantitative estimate of drug-likeness (QED) is 0.927. The van der Waals surface area contributed by atoms with E-state index in [-0.39, 0.29) is 11.9 Å². The maximum Gasteiger partial charge on any atom is 0.239 e. The smallest absolute Gasteiger partial charge is 0.239 e. The van der Waals surface area contributed by atoms with E-state index in [9.17, 15) is 4.79 Å². The fourth-order valence-electron chi connectivity index (χ4n) is 2.12. The van der Waals surface area contributed by atoms with Crippen molar-refractivity contribution in [3.05, 3.63) is 34.3 Å². The monoisotopic (exact) mass is 296 g/mol. The molecule has 0 spiro atoms. The summed E-state index contributed by atoms with van der Waals surface area (Å²) < 4.78 is 1.05. The molecule has 1 amide bonds. The van der Waals surface area contributed by atoms with Gasteiger partial charge in [0.05, 0.1) is 6.04 Å². The third-order valence-corrected chi connectivity index (χ3v) is 3.87. The molecule has 1 aromatic rings. The standard InChI is InChI=1S/C13H17BrN2O/c1-16(13(17)12-7-4-8-15-12)9-10-5-2-3-6-11(10)14/h2-3,5-6,12,15H,4,7-9H2,1H3/t12-/m1/s1. The van der Waals surface area contributed by atoms with Gasteiger partial charge in [0.25, 0.3) is 0 Å². The molecule has 4 heteroatoms. The largest absolute Gasteiger partial charge is 0.340 e. The molecule has 1 aliphatic heterocycles. The van der Waals surface area contributed by atoms with Gasteiger partial charge in [-0.1, -0.05) is 34.1 Å². The number of nitrogens with zero attached hydrogens (tertiary/aromatic N) is 1. The molecule has 1 heterocycles. The summed E-state index contributed by atoms with van der Waals surface area (Å²) in [5, 5.41) is 3.23. The number of carbonyl (C=O) groups is 1. The van der Waals surface area contributed by atoms with E-state index in [1.54, 1.807) is 4.90 Å². The summed E-state index contributed by atoms with van der Waals surface area (Å²) in [6.07, 6.45) is 2.05. The van der Waals surface area contributed by atoms with Gasteiger partial charge in [0.2, 0.25) is 5.91 Å². The molecule has 0 bridgehead atoms. The van der Waals surface area contributed by atoms with Crippen molar-refractivity contribution in [3.63, 3.8) is 0 Å². The van der Waals surface area contributed by atoms with Gasteiger partial charge in [-0.25, -0.2) is 0 Å². The molecule has 17 heavy (non-hydrogen) atoms. The molecule has 1 aliphatic rings. The van der Waals surface area contributed by atoms with Crippen molar-refractivity contribution in [1.82, 2.24) is 10.2 Å². The van der Waals surface area contributed by atoms with E-state index in [0.29, 0.717) is 6.54 Å². The first kappa shape index (κ1) is 12.6. The highest BCUT2D eigenvalue weighted by Gasteiger charge is 2.24. The van der Waals surface area contributed by atoms with Crippen LogP contribution in [0, 0.1) is 0 Å². The van der Waals surface area contributed by atoms with Crippen LogP contribution in [0.15, 0.2) is 28.7 Å². The minimum Gasteiger partial charge on any atom is -0.340 e. The Morgan fingerprint density at radius 2 is 2.29 bits per heavy atom. The lowest BCUT2D eigenvalue weighted by Crippen LogP contribution is -2.41. The summed E-state index contributed by atoms with van der Waals surface area (Å²) in [5.74, 6) is 0.193. The molecule has 1 atom stereocenters. The van der Waals surface area contributed by atoms with Crippen LogP contribution in [0.3, 0.4) is 0 Å². The van der Waals surface area contributed by atoms with Gasteiger partial charge in [0.1, 0.15) is 0 Å². The van der Waals surface area contributed by atoms with Crippen LogP contribution in [0.5, 0.6) is 0 Å². The Labute approximate surface area is 110 Å². The lowest BCUT2D eigenvalue weighted by molar-refractivity contribution is -0.132. The van der Waals surface area contributed by atoms with Crippen molar-refractivity contribution in [1.29, 1.82) is 0 Å². The number of hydrogen-bond donors (Lipinski definition) is 1. The summed E-state index contributed by atoms with van der Waals surface area (Å²) in [6.45, 7) is 1.61. The van der Waals surface area contributed by atoms with Gasteiger partial charge in [0, 0.05) is 18.1 Å². The Morgan fingerprint density at radius 1 is 1.53 bits per heavy atom. The Balaban J connectivity index is 1.99. The number of likely N-dealkylation sites (N-methyl/N-ethyl adjacent to an activating group) is 1. The van der Waals surface area contributed by atoms with Crippen molar-refractivity contribution < 1.29 is 4.79 Å². The first-order valence-corrected chi connectivity index (χ1v) is 6.69. The van der Waals surface area contributed by atoms with Gasteiger partial charge in [-0.05, 0) is 31.0 Å². The number of nitrogens with one attached hydrogen (secondary N) is 1. The van der Waals surface area contributed by atoms with Gasteiger partial charge < -0.3 is 10.2 Å². The summed E-state index contributed by atoms with van der Waals surface area (Å²) in [6, 6.07) is 8.03. The van der Waals surface area contributed by atoms with E-state index in [0.717, 1.165) is 29.4 Å². The average molecular weight is 297 g/mol. The van der Waals surface area contributed by atoms with Gasteiger partial charge in [-0.2, -0.15) is 0 Å². The van der Waals surface area contributed by atoms with Gasteiger partial charge in [-0.15, -0.1) is 0 Å².